The van der Waals surface area contributed by atoms with Gasteiger partial charge in [-0.15, -0.1) is 10.2 Å². The molecule has 0 atom stereocenters. The molecule has 0 unspecified atom stereocenters. The first-order valence-corrected chi connectivity index (χ1v) is 10.00. The highest BCUT2D eigenvalue weighted by molar-refractivity contribution is 7.92. The van der Waals surface area contributed by atoms with Gasteiger partial charge >= 0.3 is 6.03 Å². The summed E-state index contributed by atoms with van der Waals surface area (Å²) in [4.78, 5) is 10.9. The van der Waals surface area contributed by atoms with Crippen molar-refractivity contribution < 1.29 is 18.3 Å². The molecule has 11 nitrogen and oxygen atoms in total. The van der Waals surface area contributed by atoms with E-state index in [-0.39, 0.29) is 16.3 Å². The van der Waals surface area contributed by atoms with Crippen molar-refractivity contribution in [3.05, 3.63) is 54.6 Å². The number of aromatic amines is 1. The predicted octanol–water partition coefficient (Wildman–Crippen LogP) is 2.02. The van der Waals surface area contributed by atoms with Crippen LogP contribution >= 0.6 is 0 Å². The number of phenolic OH excluding ortho intramolecular Hbond substituents is 1. The summed E-state index contributed by atoms with van der Waals surface area (Å²) >= 11 is 0. The summed E-state index contributed by atoms with van der Waals surface area (Å²) in [6, 6.07) is 12.8. The van der Waals surface area contributed by atoms with Crippen LogP contribution in [0.1, 0.15) is 0 Å². The van der Waals surface area contributed by atoms with Crippen LogP contribution in [-0.2, 0) is 10.0 Å². The Bertz CT molecular complexity index is 1350. The monoisotopic (exact) mass is 425 g/mol. The van der Waals surface area contributed by atoms with Gasteiger partial charge in [0.15, 0.2) is 0 Å². The van der Waals surface area contributed by atoms with E-state index in [1.807, 2.05) is 0 Å². The van der Waals surface area contributed by atoms with Gasteiger partial charge in [-0.05, 0) is 47.0 Å². The number of aromatic nitrogens is 4. The molecular weight excluding hydrogens is 410 g/mol. The molecule has 0 spiro atoms. The summed E-state index contributed by atoms with van der Waals surface area (Å²) < 4.78 is 28.3. The van der Waals surface area contributed by atoms with Crippen LogP contribution in [-0.4, -0.2) is 40.2 Å². The SMILES string of the molecule is NC(=O)Nc1ccc2c(O)cc(S(=O)(=O)Nc3cccc(-c4nn[nH]n4)c3)cc2c1. The Kier molecular flexibility index (Phi) is 4.68. The van der Waals surface area contributed by atoms with Gasteiger partial charge < -0.3 is 16.2 Å². The first-order chi connectivity index (χ1) is 14.3. The number of urea groups is 1. The molecule has 1 aromatic heterocycles. The molecule has 0 aliphatic carbocycles. The maximum atomic E-state index is 12.9. The molecule has 1 heterocycles. The normalized spacial score (nSPS) is 11.3. The van der Waals surface area contributed by atoms with Crippen molar-refractivity contribution >= 4 is 38.2 Å². The smallest absolute Gasteiger partial charge is 0.316 e. The molecule has 3 aromatic carbocycles. The van der Waals surface area contributed by atoms with E-state index in [9.17, 15) is 18.3 Å². The average Bonchev–Trinajstić information content (AvgIpc) is 3.22. The van der Waals surface area contributed by atoms with E-state index in [1.54, 1.807) is 36.4 Å². The zero-order valence-electron chi connectivity index (χ0n) is 15.2. The standard InChI is InChI=1S/C18H15N7O4S/c19-18(27)20-12-4-5-15-11(7-12)8-14(9-16(15)26)30(28,29)23-13-3-1-2-10(6-13)17-21-24-25-22-17/h1-9,23,26H,(H3,19,20,27)(H,21,22,24,25). The summed E-state index contributed by atoms with van der Waals surface area (Å²) in [5, 5.41) is 27.1. The minimum Gasteiger partial charge on any atom is -0.507 e. The van der Waals surface area contributed by atoms with Gasteiger partial charge in [-0.25, -0.2) is 13.2 Å². The maximum absolute atomic E-state index is 12.9. The number of anilines is 2. The number of aromatic hydroxyl groups is 1. The van der Waals surface area contributed by atoms with Crippen LogP contribution in [0.3, 0.4) is 0 Å². The summed E-state index contributed by atoms with van der Waals surface area (Å²) in [5.74, 6) is 0.0907. The highest BCUT2D eigenvalue weighted by atomic mass is 32.2. The molecule has 152 valence electrons. The lowest BCUT2D eigenvalue weighted by Crippen LogP contribution is -2.19. The van der Waals surface area contributed by atoms with Crippen molar-refractivity contribution in [2.45, 2.75) is 4.90 Å². The zero-order chi connectivity index (χ0) is 21.3. The molecule has 0 aliphatic heterocycles. The number of hydrogen-bond acceptors (Lipinski definition) is 7. The number of rotatable bonds is 5. The number of carbonyl (C=O) groups is 1. The second-order valence-electron chi connectivity index (χ2n) is 6.29. The number of hydrogen-bond donors (Lipinski definition) is 5. The minimum atomic E-state index is -4.04. The van der Waals surface area contributed by atoms with Crippen LogP contribution in [0.4, 0.5) is 16.2 Å². The molecule has 0 aliphatic rings. The second kappa shape index (κ2) is 7.33. The lowest BCUT2D eigenvalue weighted by atomic mass is 10.1. The molecule has 0 bridgehead atoms. The van der Waals surface area contributed by atoms with E-state index >= 15 is 0 Å². The third-order valence-corrected chi connectivity index (χ3v) is 5.56. The Morgan fingerprint density at radius 2 is 1.90 bits per heavy atom. The third kappa shape index (κ3) is 3.84. The van der Waals surface area contributed by atoms with Crippen LogP contribution in [0.25, 0.3) is 22.2 Å². The first-order valence-electron chi connectivity index (χ1n) is 8.52. The first kappa shape index (κ1) is 19.1. The predicted molar refractivity (Wildman–Crippen MR) is 109 cm³/mol. The number of tetrazole rings is 1. The molecule has 30 heavy (non-hydrogen) atoms. The van der Waals surface area contributed by atoms with Crippen molar-refractivity contribution in [2.75, 3.05) is 10.0 Å². The highest BCUT2D eigenvalue weighted by Crippen LogP contribution is 2.31. The van der Waals surface area contributed by atoms with E-state index in [4.69, 9.17) is 5.73 Å². The Hall–Kier alpha value is -4.19. The number of primary amides is 1. The lowest BCUT2D eigenvalue weighted by molar-refractivity contribution is 0.259. The van der Waals surface area contributed by atoms with Crippen LogP contribution in [0.5, 0.6) is 5.75 Å². The van der Waals surface area contributed by atoms with Crippen LogP contribution < -0.4 is 15.8 Å². The molecule has 0 saturated carbocycles. The summed E-state index contributed by atoms with van der Waals surface area (Å²) in [6.45, 7) is 0. The Labute approximate surface area is 170 Å². The van der Waals surface area contributed by atoms with Crippen molar-refractivity contribution in [3.63, 3.8) is 0 Å². The fraction of sp³-hybridized carbons (Fsp3) is 0. The van der Waals surface area contributed by atoms with E-state index < -0.39 is 16.1 Å². The molecule has 2 amide bonds. The molecule has 0 fully saturated rings. The number of sulfonamides is 1. The van der Waals surface area contributed by atoms with E-state index in [0.29, 0.717) is 27.8 Å². The molecule has 0 radical (unpaired) electrons. The number of nitrogens with one attached hydrogen (secondary N) is 3. The highest BCUT2D eigenvalue weighted by Gasteiger charge is 2.18. The van der Waals surface area contributed by atoms with Gasteiger partial charge in [0, 0.05) is 28.4 Å². The van der Waals surface area contributed by atoms with Crippen LogP contribution in [0.2, 0.25) is 0 Å². The Morgan fingerprint density at radius 1 is 1.07 bits per heavy atom. The van der Waals surface area contributed by atoms with Crippen molar-refractivity contribution in [3.8, 4) is 17.1 Å². The second-order valence-corrected chi connectivity index (χ2v) is 7.97. The number of carbonyl (C=O) groups excluding carboxylic acids is 1. The third-order valence-electron chi connectivity index (χ3n) is 4.20. The van der Waals surface area contributed by atoms with Gasteiger partial charge in [-0.1, -0.05) is 12.1 Å². The van der Waals surface area contributed by atoms with E-state index in [1.165, 1.54) is 12.1 Å². The fourth-order valence-electron chi connectivity index (χ4n) is 2.92. The maximum Gasteiger partial charge on any atom is 0.316 e. The van der Waals surface area contributed by atoms with Gasteiger partial charge in [0.05, 0.1) is 4.90 Å². The fourth-order valence-corrected chi connectivity index (χ4v) is 4.02. The quantitative estimate of drug-likeness (QED) is 0.325. The van der Waals surface area contributed by atoms with Gasteiger partial charge in [-0.2, -0.15) is 5.21 Å². The molecule has 4 rings (SSSR count). The van der Waals surface area contributed by atoms with Crippen LogP contribution in [0.15, 0.2) is 59.5 Å². The molecule has 6 N–H and O–H groups in total. The van der Waals surface area contributed by atoms with Gasteiger partial charge in [-0.3, -0.25) is 4.72 Å². The minimum absolute atomic E-state index is 0.159. The van der Waals surface area contributed by atoms with Gasteiger partial charge in [0.2, 0.25) is 5.82 Å². The van der Waals surface area contributed by atoms with Crippen molar-refractivity contribution in [2.24, 2.45) is 5.73 Å². The van der Waals surface area contributed by atoms with Crippen molar-refractivity contribution in [1.29, 1.82) is 0 Å². The topological polar surface area (TPSA) is 176 Å². The number of fused-ring (bicyclic) bond motifs is 1. The number of phenols is 1. The van der Waals surface area contributed by atoms with Crippen LogP contribution in [0, 0.1) is 0 Å². The van der Waals surface area contributed by atoms with Gasteiger partial charge in [0.25, 0.3) is 10.0 Å². The largest absolute Gasteiger partial charge is 0.507 e. The Balaban J connectivity index is 1.70. The number of H-pyrrole nitrogens is 1. The molecular formula is C18H15N7O4S. The zero-order valence-corrected chi connectivity index (χ0v) is 16.0. The number of benzene rings is 3. The summed E-state index contributed by atoms with van der Waals surface area (Å²) in [5.41, 5.74) is 6.32. The average molecular weight is 425 g/mol. The molecule has 0 saturated heterocycles. The van der Waals surface area contributed by atoms with E-state index in [2.05, 4.69) is 30.7 Å². The number of nitrogens with zero attached hydrogens (tertiary/aromatic N) is 3. The summed E-state index contributed by atoms with van der Waals surface area (Å²) in [7, 11) is -4.04. The summed E-state index contributed by atoms with van der Waals surface area (Å²) in [6.07, 6.45) is 0. The van der Waals surface area contributed by atoms with Gasteiger partial charge in [0.1, 0.15) is 5.75 Å². The molecule has 12 heteroatoms. The van der Waals surface area contributed by atoms with Crippen molar-refractivity contribution in [1.82, 2.24) is 20.6 Å². The lowest BCUT2D eigenvalue weighted by Gasteiger charge is -2.11. The number of nitrogens with two attached hydrogens (primary N) is 1. The molecule has 4 aromatic rings. The van der Waals surface area contributed by atoms with E-state index in [0.717, 1.165) is 6.07 Å². The number of amides is 2. The Morgan fingerprint density at radius 3 is 2.63 bits per heavy atom.